The van der Waals surface area contributed by atoms with E-state index in [0.717, 1.165) is 0 Å². The molecule has 6 heteroatoms. The molecule has 0 bridgehead atoms. The van der Waals surface area contributed by atoms with E-state index in [2.05, 4.69) is 15.5 Å². The first-order chi connectivity index (χ1) is 7.02. The third kappa shape index (κ3) is 3.02. The summed E-state index contributed by atoms with van der Waals surface area (Å²) in [6.07, 6.45) is 1.51. The third-order valence-electron chi connectivity index (χ3n) is 2.01. The van der Waals surface area contributed by atoms with Crippen molar-refractivity contribution in [1.29, 1.82) is 0 Å². The van der Waals surface area contributed by atoms with Gasteiger partial charge in [0.1, 0.15) is 5.69 Å². The van der Waals surface area contributed by atoms with Gasteiger partial charge in [-0.15, -0.1) is 0 Å². The van der Waals surface area contributed by atoms with Crippen LogP contribution in [0.2, 0.25) is 0 Å². The minimum absolute atomic E-state index is 0.161. The van der Waals surface area contributed by atoms with Crippen LogP contribution in [0.3, 0.4) is 0 Å². The molecule has 15 heavy (non-hydrogen) atoms. The van der Waals surface area contributed by atoms with Crippen molar-refractivity contribution in [2.24, 2.45) is 11.7 Å². The maximum atomic E-state index is 11.6. The van der Waals surface area contributed by atoms with Crippen molar-refractivity contribution >= 4 is 23.1 Å². The molecule has 0 spiro atoms. The molecule has 1 unspecified atom stereocenters. The third-order valence-corrected chi connectivity index (χ3v) is 2.26. The summed E-state index contributed by atoms with van der Waals surface area (Å²) in [4.78, 5) is 11.9. The molecule has 0 fully saturated rings. The highest BCUT2D eigenvalue weighted by Gasteiger charge is 2.19. The van der Waals surface area contributed by atoms with E-state index in [1.807, 2.05) is 13.8 Å². The van der Waals surface area contributed by atoms with Crippen molar-refractivity contribution in [3.8, 4) is 0 Å². The van der Waals surface area contributed by atoms with Crippen LogP contribution in [-0.4, -0.2) is 27.1 Å². The molecule has 0 saturated heterocycles. The van der Waals surface area contributed by atoms with Gasteiger partial charge >= 0.3 is 0 Å². The van der Waals surface area contributed by atoms with Crippen LogP contribution in [0.25, 0.3) is 0 Å². The Bertz CT molecular complexity index is 347. The number of rotatable bonds is 4. The molecule has 82 valence electrons. The highest BCUT2D eigenvalue weighted by atomic mass is 32.1. The predicted molar refractivity (Wildman–Crippen MR) is 61.5 cm³/mol. The molecule has 5 nitrogen and oxygen atoms in total. The molecule has 1 aromatic rings. The fraction of sp³-hybridized carbons (Fsp3) is 0.444. The van der Waals surface area contributed by atoms with Crippen LogP contribution in [-0.2, 0) is 0 Å². The number of carbonyl (C=O) groups excluding carboxylic acids is 1. The van der Waals surface area contributed by atoms with Crippen molar-refractivity contribution in [2.45, 2.75) is 19.9 Å². The van der Waals surface area contributed by atoms with Gasteiger partial charge in [0, 0.05) is 6.20 Å². The zero-order valence-corrected chi connectivity index (χ0v) is 9.47. The highest BCUT2D eigenvalue weighted by molar-refractivity contribution is 7.80. The maximum absolute atomic E-state index is 11.6. The van der Waals surface area contributed by atoms with Gasteiger partial charge in [-0.25, -0.2) is 0 Å². The Hall–Kier alpha value is -1.43. The number of nitrogens with zero attached hydrogens (tertiary/aromatic N) is 1. The number of aromatic amines is 1. The number of aromatic nitrogens is 2. The van der Waals surface area contributed by atoms with Crippen LogP contribution in [0, 0.1) is 5.92 Å². The standard InChI is InChI=1S/C9H14N4OS/c1-5(2)7(8(10)15)12-9(14)6-3-4-11-13-6/h3-5,7H,1-2H3,(H2,10,15)(H,11,13)(H,12,14). The van der Waals surface area contributed by atoms with Crippen LogP contribution in [0.5, 0.6) is 0 Å². The molecule has 1 atom stereocenters. The minimum atomic E-state index is -0.296. The molecule has 4 N–H and O–H groups in total. The summed E-state index contributed by atoms with van der Waals surface area (Å²) in [7, 11) is 0. The van der Waals surface area contributed by atoms with E-state index in [1.54, 1.807) is 6.07 Å². The van der Waals surface area contributed by atoms with Gasteiger partial charge in [0.25, 0.3) is 5.91 Å². The number of thiocarbonyl (C=S) groups is 1. The number of nitrogens with two attached hydrogens (primary N) is 1. The van der Waals surface area contributed by atoms with Crippen LogP contribution in [0.4, 0.5) is 0 Å². The zero-order valence-electron chi connectivity index (χ0n) is 8.65. The second kappa shape index (κ2) is 4.88. The number of H-pyrrole nitrogens is 1. The van der Waals surface area contributed by atoms with E-state index in [1.165, 1.54) is 6.20 Å². The molecule has 0 aliphatic carbocycles. The Labute approximate surface area is 93.4 Å². The van der Waals surface area contributed by atoms with Crippen molar-refractivity contribution < 1.29 is 4.79 Å². The summed E-state index contributed by atoms with van der Waals surface area (Å²) >= 11 is 4.88. The van der Waals surface area contributed by atoms with E-state index in [9.17, 15) is 4.79 Å². The summed E-state index contributed by atoms with van der Waals surface area (Å²) in [5, 5.41) is 9.01. The lowest BCUT2D eigenvalue weighted by atomic mass is 10.0. The molecule has 0 aliphatic heterocycles. The van der Waals surface area contributed by atoms with Crippen molar-refractivity contribution in [3.63, 3.8) is 0 Å². The van der Waals surface area contributed by atoms with Gasteiger partial charge in [0.2, 0.25) is 0 Å². The summed E-state index contributed by atoms with van der Waals surface area (Å²) in [5.74, 6) is -0.0895. The number of hydrogen-bond acceptors (Lipinski definition) is 3. The average Bonchev–Trinajstić information content (AvgIpc) is 2.65. The normalized spacial score (nSPS) is 12.5. The molecular formula is C9H14N4OS. The van der Waals surface area contributed by atoms with Crippen molar-refractivity contribution in [1.82, 2.24) is 15.5 Å². The van der Waals surface area contributed by atoms with E-state index < -0.39 is 0 Å². The molecule has 0 aromatic carbocycles. The zero-order chi connectivity index (χ0) is 11.4. The van der Waals surface area contributed by atoms with Gasteiger partial charge in [-0.2, -0.15) is 5.10 Å². The molecule has 1 amide bonds. The Morgan fingerprint density at radius 3 is 2.73 bits per heavy atom. The first-order valence-corrected chi connectivity index (χ1v) is 5.02. The Balaban J connectivity index is 2.67. The maximum Gasteiger partial charge on any atom is 0.269 e. The summed E-state index contributed by atoms with van der Waals surface area (Å²) in [6, 6.07) is 1.29. The lowest BCUT2D eigenvalue weighted by Gasteiger charge is -2.20. The smallest absolute Gasteiger partial charge is 0.269 e. The lowest BCUT2D eigenvalue weighted by molar-refractivity contribution is 0.0935. The SMILES string of the molecule is CC(C)C(NC(=O)c1ccn[nH]1)C(N)=S. The van der Waals surface area contributed by atoms with Crippen LogP contribution in [0.15, 0.2) is 12.3 Å². The Morgan fingerprint density at radius 1 is 1.67 bits per heavy atom. The first kappa shape index (κ1) is 11.6. The number of hydrogen-bond donors (Lipinski definition) is 3. The van der Waals surface area contributed by atoms with Crippen molar-refractivity contribution in [2.75, 3.05) is 0 Å². The predicted octanol–water partition coefficient (Wildman–Crippen LogP) is 0.450. The lowest BCUT2D eigenvalue weighted by Crippen LogP contribution is -2.46. The van der Waals surface area contributed by atoms with Gasteiger partial charge in [0.05, 0.1) is 11.0 Å². The first-order valence-electron chi connectivity index (χ1n) is 4.62. The number of nitrogens with one attached hydrogen (secondary N) is 2. The van der Waals surface area contributed by atoms with Gasteiger partial charge in [-0.05, 0) is 12.0 Å². The Morgan fingerprint density at radius 2 is 2.33 bits per heavy atom. The average molecular weight is 226 g/mol. The topological polar surface area (TPSA) is 83.8 Å². The minimum Gasteiger partial charge on any atom is -0.392 e. The Kier molecular flexibility index (Phi) is 3.79. The molecule has 0 saturated carbocycles. The number of amides is 1. The molecule has 1 aromatic heterocycles. The van der Waals surface area contributed by atoms with Crippen molar-refractivity contribution in [3.05, 3.63) is 18.0 Å². The van der Waals surface area contributed by atoms with Crippen LogP contribution >= 0.6 is 12.2 Å². The monoisotopic (exact) mass is 226 g/mol. The van der Waals surface area contributed by atoms with Gasteiger partial charge in [-0.1, -0.05) is 26.1 Å². The molecule has 0 radical (unpaired) electrons. The van der Waals surface area contributed by atoms with Gasteiger partial charge in [0.15, 0.2) is 0 Å². The fourth-order valence-corrected chi connectivity index (χ4v) is 1.50. The fourth-order valence-electron chi connectivity index (χ4n) is 1.17. The highest BCUT2D eigenvalue weighted by Crippen LogP contribution is 2.03. The summed E-state index contributed by atoms with van der Waals surface area (Å²) < 4.78 is 0. The largest absolute Gasteiger partial charge is 0.392 e. The summed E-state index contributed by atoms with van der Waals surface area (Å²) in [6.45, 7) is 3.88. The molecule has 1 rings (SSSR count). The molecular weight excluding hydrogens is 212 g/mol. The van der Waals surface area contributed by atoms with Gasteiger partial charge < -0.3 is 11.1 Å². The van der Waals surface area contributed by atoms with Gasteiger partial charge in [-0.3, -0.25) is 9.89 Å². The van der Waals surface area contributed by atoms with Crippen LogP contribution < -0.4 is 11.1 Å². The van der Waals surface area contributed by atoms with E-state index in [0.29, 0.717) is 5.69 Å². The molecule has 0 aliphatic rings. The van der Waals surface area contributed by atoms with E-state index in [4.69, 9.17) is 18.0 Å². The summed E-state index contributed by atoms with van der Waals surface area (Å²) in [5.41, 5.74) is 5.93. The molecule has 1 heterocycles. The van der Waals surface area contributed by atoms with E-state index >= 15 is 0 Å². The van der Waals surface area contributed by atoms with E-state index in [-0.39, 0.29) is 22.9 Å². The van der Waals surface area contributed by atoms with Crippen LogP contribution in [0.1, 0.15) is 24.3 Å². The second-order valence-electron chi connectivity index (χ2n) is 3.57. The quantitative estimate of drug-likeness (QED) is 0.651. The second-order valence-corrected chi connectivity index (χ2v) is 4.04. The number of carbonyl (C=O) groups is 1.